The Balaban J connectivity index is 2.23. The number of ether oxygens (including phenoxy) is 7. The van der Waals surface area contributed by atoms with Crippen LogP contribution in [0.2, 0.25) is 0 Å². The molecule has 15 heteroatoms. The first-order valence-corrected chi connectivity index (χ1v) is 19.1. The Morgan fingerprint density at radius 3 is 1.98 bits per heavy atom. The molecule has 310 valence electrons. The molecule has 0 amide bonds. The Bertz CT molecular complexity index is 1230. The molecule has 3 heterocycles. The lowest BCUT2D eigenvalue weighted by Gasteiger charge is -2.51. The molecule has 3 aliphatic heterocycles. The van der Waals surface area contributed by atoms with E-state index in [1.165, 1.54) is 42.2 Å². The van der Waals surface area contributed by atoms with Crippen LogP contribution in [-0.4, -0.2) is 149 Å². The van der Waals surface area contributed by atoms with Crippen LogP contribution in [0.15, 0.2) is 0 Å². The van der Waals surface area contributed by atoms with Crippen molar-refractivity contribution in [3.63, 3.8) is 0 Å². The number of ketones is 1. The molecule has 7 unspecified atom stereocenters. The van der Waals surface area contributed by atoms with Crippen LogP contribution in [0.4, 0.5) is 0 Å². The SMILES string of the molecule is CC[C@@H]1OC(=O)[C@H](C)[C@H](O[C@H]2CC(C)(OC)[C@@H](O)C(C)O2)[C@@H](C)[C@H](O[C@@H]2OC(C)CC([N+](C)(C)[O-])C2O)C(C)(OC)C[C@H](C)C(=O)[C@H](C)[C@@H](O)C1(C)O. The van der Waals surface area contributed by atoms with Gasteiger partial charge in [-0.25, -0.2) is 0 Å². The number of nitrogens with zero attached hydrogens (tertiary/aromatic N) is 1. The second-order valence-corrected chi connectivity index (χ2v) is 17.1. The Morgan fingerprint density at radius 2 is 1.45 bits per heavy atom. The maximum absolute atomic E-state index is 14.2. The number of quaternary nitrogens is 1. The van der Waals surface area contributed by atoms with E-state index < -0.39 is 119 Å². The lowest BCUT2D eigenvalue weighted by molar-refractivity contribution is -0.874. The Hall–Kier alpha value is -1.34. The van der Waals surface area contributed by atoms with Crippen LogP contribution in [0.3, 0.4) is 0 Å². The van der Waals surface area contributed by atoms with Crippen molar-refractivity contribution < 1.29 is 67.8 Å². The highest BCUT2D eigenvalue weighted by Crippen LogP contribution is 2.42. The summed E-state index contributed by atoms with van der Waals surface area (Å²) in [6.45, 7) is 16.6. The molecular weight excluding hydrogens is 694 g/mol. The van der Waals surface area contributed by atoms with Gasteiger partial charge < -0.3 is 63.4 Å². The molecule has 0 spiro atoms. The third kappa shape index (κ3) is 9.80. The first-order valence-electron chi connectivity index (χ1n) is 19.1. The molecular formula is C38H69NO14. The molecule has 0 aromatic heterocycles. The Morgan fingerprint density at radius 1 is 0.868 bits per heavy atom. The molecule has 3 rings (SSSR count). The van der Waals surface area contributed by atoms with Gasteiger partial charge in [0.25, 0.3) is 0 Å². The predicted octanol–water partition coefficient (Wildman–Crippen LogP) is 2.45. The van der Waals surface area contributed by atoms with Crippen molar-refractivity contribution in [1.29, 1.82) is 0 Å². The van der Waals surface area contributed by atoms with Crippen molar-refractivity contribution in [3.8, 4) is 0 Å². The van der Waals surface area contributed by atoms with Gasteiger partial charge in [-0.1, -0.05) is 27.7 Å². The summed E-state index contributed by atoms with van der Waals surface area (Å²) in [6.07, 6.45) is -10.1. The number of carbonyl (C=O) groups excluding carboxylic acids is 2. The lowest BCUT2D eigenvalue weighted by atomic mass is 9.74. The number of Topliss-reactive ketones (excluding diaryl/α,β-unsaturated/α-hetero) is 1. The summed E-state index contributed by atoms with van der Waals surface area (Å²) < 4.78 is 42.8. The van der Waals surface area contributed by atoms with E-state index in [0.29, 0.717) is 0 Å². The van der Waals surface area contributed by atoms with Crippen molar-refractivity contribution in [2.45, 2.75) is 179 Å². The van der Waals surface area contributed by atoms with Gasteiger partial charge in [-0.15, -0.1) is 0 Å². The van der Waals surface area contributed by atoms with Crippen molar-refractivity contribution in [3.05, 3.63) is 5.21 Å². The summed E-state index contributed by atoms with van der Waals surface area (Å²) in [7, 11) is 5.84. The molecule has 0 aliphatic carbocycles. The maximum atomic E-state index is 14.2. The summed E-state index contributed by atoms with van der Waals surface area (Å²) in [6, 6.07) is -0.788. The monoisotopic (exact) mass is 763 g/mol. The van der Waals surface area contributed by atoms with Gasteiger partial charge in [0.05, 0.1) is 61.7 Å². The number of hydroxylamine groups is 3. The van der Waals surface area contributed by atoms with Crippen molar-refractivity contribution in [2.75, 3.05) is 28.3 Å². The van der Waals surface area contributed by atoms with E-state index in [1.807, 2.05) is 0 Å². The number of aliphatic hydroxyl groups is 4. The van der Waals surface area contributed by atoms with Crippen LogP contribution in [-0.2, 0) is 42.7 Å². The predicted molar refractivity (Wildman–Crippen MR) is 193 cm³/mol. The minimum absolute atomic E-state index is 0.0507. The van der Waals surface area contributed by atoms with Gasteiger partial charge in [0.15, 0.2) is 18.7 Å². The Kier molecular flexibility index (Phi) is 15.1. The van der Waals surface area contributed by atoms with Gasteiger partial charge in [0.1, 0.15) is 29.6 Å². The van der Waals surface area contributed by atoms with E-state index >= 15 is 0 Å². The number of esters is 1. The van der Waals surface area contributed by atoms with Crippen LogP contribution < -0.4 is 0 Å². The van der Waals surface area contributed by atoms with Gasteiger partial charge >= 0.3 is 5.97 Å². The highest BCUT2D eigenvalue weighted by molar-refractivity contribution is 5.83. The van der Waals surface area contributed by atoms with Crippen LogP contribution >= 0.6 is 0 Å². The average molecular weight is 764 g/mol. The minimum Gasteiger partial charge on any atom is -0.633 e. The standard InChI is InChI=1S/C38H69NO14/c1-15-26-38(10,45)31(42)21(4)28(40)19(2)17-37(9,48-14)33(53-35-29(41)25(39(11,12)46)16-20(3)49-35)22(5)30(23(6)34(44)51-26)52-27-18-36(8,47-13)32(43)24(7)50-27/h19-27,29-33,35,41-43,45H,15-18H2,1-14H3/t19-,20?,21-,22+,23+,24?,25?,26-,27-,29?,30+,31+,32-,33-,35-,36?,37?,38?/m0/s1. The number of rotatable bonds is 8. The first-order chi connectivity index (χ1) is 24.3. The highest BCUT2D eigenvalue weighted by atomic mass is 16.7. The van der Waals surface area contributed by atoms with Gasteiger partial charge in [-0.3, -0.25) is 9.59 Å². The van der Waals surface area contributed by atoms with E-state index in [2.05, 4.69) is 0 Å². The van der Waals surface area contributed by atoms with Crippen LogP contribution in [0.5, 0.6) is 0 Å². The lowest BCUT2D eigenvalue weighted by Crippen LogP contribution is -2.63. The average Bonchev–Trinajstić information content (AvgIpc) is 3.08. The fourth-order valence-electron chi connectivity index (χ4n) is 8.69. The molecule has 3 fully saturated rings. The topological polar surface area (TPSA) is 203 Å². The van der Waals surface area contributed by atoms with Crippen LogP contribution in [0.25, 0.3) is 0 Å². The molecule has 3 saturated heterocycles. The van der Waals surface area contributed by atoms with Gasteiger partial charge in [-0.05, 0) is 54.4 Å². The summed E-state index contributed by atoms with van der Waals surface area (Å²) in [5.74, 6) is -4.76. The van der Waals surface area contributed by atoms with E-state index in [9.17, 15) is 35.2 Å². The summed E-state index contributed by atoms with van der Waals surface area (Å²) in [4.78, 5) is 28.2. The molecule has 0 aromatic rings. The Labute approximate surface area is 315 Å². The maximum Gasteiger partial charge on any atom is 0.311 e. The van der Waals surface area contributed by atoms with Crippen molar-refractivity contribution in [2.24, 2.45) is 23.7 Å². The molecule has 0 radical (unpaired) electrons. The largest absolute Gasteiger partial charge is 0.633 e. The highest BCUT2D eigenvalue weighted by Gasteiger charge is 2.54. The fraction of sp³-hybridized carbons (Fsp3) is 0.947. The summed E-state index contributed by atoms with van der Waals surface area (Å²) >= 11 is 0. The number of methoxy groups -OCH3 is 2. The van der Waals surface area contributed by atoms with Crippen LogP contribution in [0.1, 0.15) is 94.9 Å². The normalized spacial score (nSPS) is 48.5. The third-order valence-electron chi connectivity index (χ3n) is 12.4. The van der Waals surface area contributed by atoms with E-state index in [1.54, 1.807) is 55.4 Å². The molecule has 15 nitrogen and oxygen atoms in total. The minimum atomic E-state index is -1.99. The molecule has 0 bridgehead atoms. The van der Waals surface area contributed by atoms with Gasteiger partial charge in [0, 0.05) is 44.8 Å². The summed E-state index contributed by atoms with van der Waals surface area (Å²) in [5.41, 5.74) is -4.38. The quantitative estimate of drug-likeness (QED) is 0.160. The number of cyclic esters (lactones) is 1. The van der Waals surface area contributed by atoms with E-state index in [0.717, 1.165) is 0 Å². The number of hydrogen-bond acceptors (Lipinski definition) is 14. The molecule has 0 saturated carbocycles. The zero-order chi connectivity index (χ0) is 40.6. The van der Waals surface area contributed by atoms with Crippen molar-refractivity contribution in [1.82, 2.24) is 0 Å². The number of hydrogen-bond donors (Lipinski definition) is 4. The molecule has 4 N–H and O–H groups in total. The number of likely N-dealkylation sites (N-methyl/N-ethyl adjacent to an activating group) is 1. The fourth-order valence-corrected chi connectivity index (χ4v) is 8.69. The zero-order valence-corrected chi connectivity index (χ0v) is 34.3. The summed E-state index contributed by atoms with van der Waals surface area (Å²) in [5, 5.41) is 58.7. The van der Waals surface area contributed by atoms with Gasteiger partial charge in [-0.2, -0.15) is 0 Å². The molecule has 53 heavy (non-hydrogen) atoms. The molecule has 0 aromatic carbocycles. The molecule has 3 aliphatic rings. The second kappa shape index (κ2) is 17.4. The second-order valence-electron chi connectivity index (χ2n) is 17.1. The van der Waals surface area contributed by atoms with Crippen LogP contribution in [0, 0.1) is 28.9 Å². The smallest absolute Gasteiger partial charge is 0.311 e. The number of carbonyl (C=O) groups is 2. The first kappa shape index (κ1) is 46.0. The third-order valence-corrected chi connectivity index (χ3v) is 12.4. The van der Waals surface area contributed by atoms with E-state index in [-0.39, 0.29) is 31.5 Å². The zero-order valence-electron chi connectivity index (χ0n) is 34.3. The molecule has 18 atom stereocenters. The van der Waals surface area contributed by atoms with Crippen molar-refractivity contribution >= 4 is 11.8 Å². The van der Waals surface area contributed by atoms with Gasteiger partial charge in [0.2, 0.25) is 0 Å². The van der Waals surface area contributed by atoms with E-state index in [4.69, 9.17) is 33.2 Å². The number of aliphatic hydroxyl groups excluding tert-OH is 3.